The fraction of sp³-hybridized carbons (Fsp3) is 0.414. The van der Waals surface area contributed by atoms with Crippen LogP contribution < -0.4 is 16.2 Å². The molecule has 0 radical (unpaired) electrons. The molecule has 10 nitrogen and oxygen atoms in total. The summed E-state index contributed by atoms with van der Waals surface area (Å²) in [7, 11) is 0. The highest BCUT2D eigenvalue weighted by Crippen LogP contribution is 2.26. The fourth-order valence-corrected chi connectivity index (χ4v) is 5.37. The minimum Gasteiger partial charge on any atom is -0.444 e. The quantitative estimate of drug-likeness (QED) is 0.459. The Morgan fingerprint density at radius 3 is 2.62 bits per heavy atom. The fourth-order valence-electron chi connectivity index (χ4n) is 5.05. The summed E-state index contributed by atoms with van der Waals surface area (Å²) < 4.78 is 6.96. The lowest BCUT2D eigenvalue weighted by Crippen LogP contribution is -2.36. The number of rotatable bonds is 6. The van der Waals surface area contributed by atoms with Crippen molar-refractivity contribution in [1.82, 2.24) is 24.8 Å². The maximum Gasteiger partial charge on any atom is 0.410 e. The molecule has 210 valence electrons. The lowest BCUT2D eigenvalue weighted by atomic mass is 10.1. The van der Waals surface area contributed by atoms with Crippen molar-refractivity contribution in [3.8, 4) is 0 Å². The molecule has 1 atom stereocenters. The number of pyridine rings is 1. The highest BCUT2D eigenvalue weighted by Gasteiger charge is 2.32. The number of aromatic nitrogens is 3. The smallest absolute Gasteiger partial charge is 0.410 e. The molecule has 40 heavy (non-hydrogen) atoms. The third-order valence-electron chi connectivity index (χ3n) is 6.85. The summed E-state index contributed by atoms with van der Waals surface area (Å²) in [5.41, 5.74) is 4.02. The van der Waals surface area contributed by atoms with Crippen molar-refractivity contribution in [2.75, 3.05) is 5.32 Å². The lowest BCUT2D eigenvalue weighted by molar-refractivity contribution is -0.124. The van der Waals surface area contributed by atoms with E-state index in [1.807, 2.05) is 52.0 Å². The minimum atomic E-state index is -0.643. The van der Waals surface area contributed by atoms with Crippen LogP contribution in [0.4, 0.5) is 10.5 Å². The SMILES string of the molecule is Cc1cc(Cl)cc(CNc2cnc3n(c2=O)C(C(=O)NCc2cnc4c(c2)CN(C(=O)OC(C)(C)C)C4)CC3)c1. The molecule has 3 aromatic rings. The molecule has 4 heterocycles. The monoisotopic (exact) mass is 564 g/mol. The normalized spacial score (nSPS) is 15.9. The molecule has 11 heteroatoms. The van der Waals surface area contributed by atoms with Crippen LogP contribution in [0.5, 0.6) is 0 Å². The number of fused-ring (bicyclic) bond motifs is 2. The van der Waals surface area contributed by atoms with E-state index < -0.39 is 11.6 Å². The van der Waals surface area contributed by atoms with Gasteiger partial charge in [0.25, 0.3) is 5.56 Å². The molecule has 0 saturated carbocycles. The van der Waals surface area contributed by atoms with Gasteiger partial charge in [0.05, 0.1) is 25.0 Å². The molecule has 2 aliphatic rings. The van der Waals surface area contributed by atoms with Crippen molar-refractivity contribution in [3.63, 3.8) is 0 Å². The van der Waals surface area contributed by atoms with Crippen LogP contribution in [0.3, 0.4) is 0 Å². The highest BCUT2D eigenvalue weighted by molar-refractivity contribution is 6.30. The second-order valence-electron chi connectivity index (χ2n) is 11.3. The van der Waals surface area contributed by atoms with Crippen LogP contribution >= 0.6 is 11.6 Å². The van der Waals surface area contributed by atoms with Crippen LogP contribution in [0, 0.1) is 6.92 Å². The third-order valence-corrected chi connectivity index (χ3v) is 7.07. The zero-order valence-electron chi connectivity index (χ0n) is 23.1. The van der Waals surface area contributed by atoms with Gasteiger partial charge in [0.1, 0.15) is 23.2 Å². The number of hydrogen-bond acceptors (Lipinski definition) is 7. The molecular weight excluding hydrogens is 532 g/mol. The van der Waals surface area contributed by atoms with E-state index in [1.165, 1.54) is 10.8 Å². The number of amides is 2. The number of carbonyl (C=O) groups is 2. The largest absolute Gasteiger partial charge is 0.444 e. The molecule has 2 aliphatic heterocycles. The van der Waals surface area contributed by atoms with E-state index in [0.29, 0.717) is 49.0 Å². The second-order valence-corrected chi connectivity index (χ2v) is 11.7. The zero-order chi connectivity index (χ0) is 28.6. The topological polar surface area (TPSA) is 118 Å². The number of hydrogen-bond donors (Lipinski definition) is 2. The zero-order valence-corrected chi connectivity index (χ0v) is 23.8. The molecule has 5 rings (SSSR count). The summed E-state index contributed by atoms with van der Waals surface area (Å²) >= 11 is 6.16. The predicted octanol–water partition coefficient (Wildman–Crippen LogP) is 4.27. The lowest BCUT2D eigenvalue weighted by Gasteiger charge is -2.23. The van der Waals surface area contributed by atoms with Crippen LogP contribution in [-0.2, 0) is 42.1 Å². The number of nitrogens with one attached hydrogen (secondary N) is 2. The van der Waals surface area contributed by atoms with Gasteiger partial charge in [0.2, 0.25) is 5.91 Å². The van der Waals surface area contributed by atoms with E-state index in [9.17, 15) is 14.4 Å². The minimum absolute atomic E-state index is 0.249. The molecule has 0 saturated heterocycles. The molecule has 0 spiro atoms. The van der Waals surface area contributed by atoms with Crippen molar-refractivity contribution in [2.24, 2.45) is 0 Å². The predicted molar refractivity (Wildman–Crippen MR) is 151 cm³/mol. The molecule has 0 bridgehead atoms. The number of halogens is 1. The summed E-state index contributed by atoms with van der Waals surface area (Å²) in [4.78, 5) is 49.5. The standard InChI is InChI=1S/C29H33ClN6O4/c1-17-7-18(10-21(30)8-17)11-31-22-14-33-25-6-5-24(36(25)27(22)38)26(37)34-13-19-9-20-15-35(16-23(20)32-12-19)28(39)40-29(2,3)4/h7-10,12,14,24,31H,5-6,11,13,15-16H2,1-4H3,(H,34,37). The Bertz CT molecular complexity index is 1510. The maximum absolute atomic E-state index is 13.3. The van der Waals surface area contributed by atoms with Crippen LogP contribution in [0.25, 0.3) is 0 Å². The van der Waals surface area contributed by atoms with Gasteiger partial charge in [-0.25, -0.2) is 9.78 Å². The second kappa shape index (κ2) is 10.9. The van der Waals surface area contributed by atoms with Crippen molar-refractivity contribution >= 4 is 29.3 Å². The molecular formula is C29H33ClN6O4. The number of nitrogens with zero attached hydrogens (tertiary/aromatic N) is 4. The average molecular weight is 565 g/mol. The summed E-state index contributed by atoms with van der Waals surface area (Å²) in [6.07, 6.45) is 3.90. The summed E-state index contributed by atoms with van der Waals surface area (Å²) in [6, 6.07) is 7.02. The Balaban J connectivity index is 1.22. The van der Waals surface area contributed by atoms with Crippen molar-refractivity contribution in [1.29, 1.82) is 0 Å². The Morgan fingerprint density at radius 1 is 1.07 bits per heavy atom. The Kier molecular flexibility index (Phi) is 7.55. The first-order valence-electron chi connectivity index (χ1n) is 13.3. The van der Waals surface area contributed by atoms with Crippen molar-refractivity contribution in [2.45, 2.75) is 78.4 Å². The molecule has 0 fully saturated rings. The first-order valence-corrected chi connectivity index (χ1v) is 13.7. The molecule has 0 aliphatic carbocycles. The van der Waals surface area contributed by atoms with E-state index in [2.05, 4.69) is 20.6 Å². The van der Waals surface area contributed by atoms with Gasteiger partial charge in [-0.05, 0) is 74.6 Å². The van der Waals surface area contributed by atoms with Gasteiger partial charge < -0.3 is 15.4 Å². The molecule has 1 aromatic carbocycles. The molecule has 2 aromatic heterocycles. The van der Waals surface area contributed by atoms with Crippen LogP contribution in [-0.4, -0.2) is 37.0 Å². The molecule has 2 N–H and O–H groups in total. The number of ether oxygens (including phenoxy) is 1. The number of carbonyl (C=O) groups excluding carboxylic acids is 2. The first kappa shape index (κ1) is 27.6. The van der Waals surface area contributed by atoms with Gasteiger partial charge in [0.15, 0.2) is 0 Å². The van der Waals surface area contributed by atoms with Crippen LogP contribution in [0.1, 0.15) is 67.0 Å². The van der Waals surface area contributed by atoms with E-state index in [-0.39, 0.29) is 24.1 Å². The molecule has 1 unspecified atom stereocenters. The number of benzene rings is 1. The molecule has 2 amide bonds. The van der Waals surface area contributed by atoms with Crippen molar-refractivity contribution in [3.05, 3.63) is 85.8 Å². The Morgan fingerprint density at radius 2 is 1.88 bits per heavy atom. The Labute approximate surface area is 237 Å². The highest BCUT2D eigenvalue weighted by atomic mass is 35.5. The summed E-state index contributed by atoms with van der Waals surface area (Å²) in [5, 5.41) is 6.73. The van der Waals surface area contributed by atoms with Gasteiger partial charge in [-0.3, -0.25) is 24.0 Å². The van der Waals surface area contributed by atoms with E-state index in [0.717, 1.165) is 27.9 Å². The van der Waals surface area contributed by atoms with Crippen molar-refractivity contribution < 1.29 is 14.3 Å². The van der Waals surface area contributed by atoms with E-state index in [4.69, 9.17) is 16.3 Å². The van der Waals surface area contributed by atoms with E-state index >= 15 is 0 Å². The van der Waals surface area contributed by atoms with Gasteiger partial charge in [-0.15, -0.1) is 0 Å². The maximum atomic E-state index is 13.3. The van der Waals surface area contributed by atoms with Gasteiger partial charge >= 0.3 is 6.09 Å². The third kappa shape index (κ3) is 6.12. The van der Waals surface area contributed by atoms with Crippen LogP contribution in [0.2, 0.25) is 5.02 Å². The Hall–Kier alpha value is -3.92. The first-order chi connectivity index (χ1) is 19.0. The van der Waals surface area contributed by atoms with Gasteiger partial charge in [0, 0.05) is 30.7 Å². The number of aryl methyl sites for hydroxylation is 2. The van der Waals surface area contributed by atoms with Crippen LogP contribution in [0.15, 0.2) is 41.5 Å². The van der Waals surface area contributed by atoms with Gasteiger partial charge in [-0.2, -0.15) is 0 Å². The number of anilines is 1. The average Bonchev–Trinajstić information content (AvgIpc) is 3.50. The van der Waals surface area contributed by atoms with Gasteiger partial charge in [-0.1, -0.05) is 17.7 Å². The summed E-state index contributed by atoms with van der Waals surface area (Å²) in [6.45, 7) is 8.91. The van der Waals surface area contributed by atoms with E-state index in [1.54, 1.807) is 11.1 Å². The summed E-state index contributed by atoms with van der Waals surface area (Å²) in [5.74, 6) is 0.344.